The van der Waals surface area contributed by atoms with Crippen molar-refractivity contribution in [3.8, 4) is 17.6 Å². The first kappa shape index (κ1) is 19.9. The van der Waals surface area contributed by atoms with Gasteiger partial charge in [-0.3, -0.25) is 0 Å². The summed E-state index contributed by atoms with van der Waals surface area (Å²) in [4.78, 5) is 0. The van der Waals surface area contributed by atoms with Gasteiger partial charge in [-0.2, -0.15) is 34.2 Å². The molecule has 0 radical (unpaired) electrons. The summed E-state index contributed by atoms with van der Waals surface area (Å²) >= 11 is 1.12. The first-order chi connectivity index (χ1) is 14.1. The molecule has 9 heteroatoms. The van der Waals surface area contributed by atoms with E-state index in [1.54, 1.807) is 0 Å². The Morgan fingerprint density at radius 2 is 1.70 bits per heavy atom. The second kappa shape index (κ2) is 6.85. The van der Waals surface area contributed by atoms with Crippen molar-refractivity contribution >= 4 is 22.5 Å². The normalized spacial score (nSPS) is 13.5. The Morgan fingerprint density at radius 3 is 2.37 bits per heavy atom. The van der Waals surface area contributed by atoms with Gasteiger partial charge in [0.05, 0.1) is 11.1 Å². The number of halogens is 5. The number of rotatable bonds is 2. The Labute approximate surface area is 170 Å². The van der Waals surface area contributed by atoms with E-state index in [1.807, 2.05) is 6.07 Å². The van der Waals surface area contributed by atoms with E-state index in [9.17, 15) is 37.4 Å². The first-order valence-corrected chi connectivity index (χ1v) is 9.38. The third kappa shape index (κ3) is 3.00. The first-order valence-electron chi connectivity index (χ1n) is 8.44. The molecule has 0 atom stereocenters. The molecule has 0 saturated carbocycles. The summed E-state index contributed by atoms with van der Waals surface area (Å²) in [5, 5.41) is 31.7. The van der Waals surface area contributed by atoms with Crippen LogP contribution >= 0.6 is 11.3 Å². The highest BCUT2D eigenvalue weighted by atomic mass is 32.1. The molecule has 2 N–H and O–H groups in total. The van der Waals surface area contributed by atoms with E-state index < -0.39 is 41.3 Å². The number of benzene rings is 2. The van der Waals surface area contributed by atoms with Crippen molar-refractivity contribution < 1.29 is 32.2 Å². The van der Waals surface area contributed by atoms with Gasteiger partial charge in [-0.25, -0.2) is 4.39 Å². The molecular formula is C21H10F5NO2S. The third-order valence-corrected chi connectivity index (χ3v) is 5.65. The van der Waals surface area contributed by atoms with Gasteiger partial charge in [0, 0.05) is 16.5 Å². The molecule has 1 heterocycles. The molecule has 4 rings (SSSR count). The van der Waals surface area contributed by atoms with Crippen molar-refractivity contribution in [1.82, 2.24) is 0 Å². The summed E-state index contributed by atoms with van der Waals surface area (Å²) in [5.41, 5.74) is -1.13. The number of phenols is 2. The van der Waals surface area contributed by atoms with E-state index in [-0.39, 0.29) is 39.0 Å². The van der Waals surface area contributed by atoms with Crippen LogP contribution in [0.1, 0.15) is 33.4 Å². The van der Waals surface area contributed by atoms with Gasteiger partial charge >= 0.3 is 6.18 Å². The standard InChI is InChI=1S/C21H10F5NO2S/c22-19-11(1-2-17(29)20(19)23)14-5-12-13(3-10(28)4-16(12)21(24,25)26)18(14)15-8-30-7-9(15)6-27/h1-4,7-8,28-29H,5H2. The van der Waals surface area contributed by atoms with E-state index in [4.69, 9.17) is 0 Å². The average Bonchev–Trinajstić information content (AvgIpc) is 3.28. The number of phenolic OH excluding ortho intramolecular Hbond substituents is 2. The largest absolute Gasteiger partial charge is 0.508 e. The fraction of sp³-hybridized carbons (Fsp3) is 0.0952. The van der Waals surface area contributed by atoms with Crippen LogP contribution in [0.3, 0.4) is 0 Å². The van der Waals surface area contributed by atoms with E-state index >= 15 is 0 Å². The number of hydrogen-bond donors (Lipinski definition) is 2. The highest BCUT2D eigenvalue weighted by Gasteiger charge is 2.39. The molecule has 152 valence electrons. The molecule has 1 aromatic heterocycles. The number of fused-ring (bicyclic) bond motifs is 1. The minimum atomic E-state index is -4.80. The monoisotopic (exact) mass is 435 g/mol. The van der Waals surface area contributed by atoms with Crippen LogP contribution in [0.2, 0.25) is 0 Å². The molecule has 3 aromatic rings. The summed E-state index contributed by atoms with van der Waals surface area (Å²) in [7, 11) is 0. The summed E-state index contributed by atoms with van der Waals surface area (Å²) in [6, 6.07) is 5.60. The maximum atomic E-state index is 14.6. The van der Waals surface area contributed by atoms with Gasteiger partial charge in [0.15, 0.2) is 11.6 Å². The number of hydrogen-bond acceptors (Lipinski definition) is 4. The molecule has 0 bridgehead atoms. The Bertz CT molecular complexity index is 1270. The highest BCUT2D eigenvalue weighted by Crippen LogP contribution is 2.49. The zero-order chi connectivity index (χ0) is 21.8. The molecular weight excluding hydrogens is 425 g/mol. The van der Waals surface area contributed by atoms with Gasteiger partial charge in [0.1, 0.15) is 11.8 Å². The van der Waals surface area contributed by atoms with E-state index in [1.165, 1.54) is 10.8 Å². The van der Waals surface area contributed by atoms with Crippen molar-refractivity contribution in [2.45, 2.75) is 12.6 Å². The zero-order valence-corrected chi connectivity index (χ0v) is 15.6. The lowest BCUT2D eigenvalue weighted by Crippen LogP contribution is -2.09. The quantitative estimate of drug-likeness (QED) is 0.497. The predicted molar refractivity (Wildman–Crippen MR) is 99.8 cm³/mol. The molecule has 0 saturated heterocycles. The Morgan fingerprint density at radius 1 is 0.967 bits per heavy atom. The van der Waals surface area contributed by atoms with Gasteiger partial charge in [-0.05, 0) is 58.3 Å². The molecule has 30 heavy (non-hydrogen) atoms. The van der Waals surface area contributed by atoms with Crippen LogP contribution in [-0.4, -0.2) is 10.2 Å². The van der Waals surface area contributed by atoms with E-state index in [2.05, 4.69) is 0 Å². The summed E-state index contributed by atoms with van der Waals surface area (Å²) in [6.45, 7) is 0. The van der Waals surface area contributed by atoms with Crippen LogP contribution in [0.4, 0.5) is 22.0 Å². The lowest BCUT2D eigenvalue weighted by molar-refractivity contribution is -0.138. The predicted octanol–water partition coefficient (Wildman–Crippen LogP) is 5.84. The smallest absolute Gasteiger partial charge is 0.416 e. The van der Waals surface area contributed by atoms with E-state index in [0.717, 1.165) is 29.5 Å². The van der Waals surface area contributed by atoms with Crippen LogP contribution < -0.4 is 0 Å². The summed E-state index contributed by atoms with van der Waals surface area (Å²) in [6.07, 6.45) is -5.20. The van der Waals surface area contributed by atoms with Crippen molar-refractivity contribution in [1.29, 1.82) is 5.26 Å². The zero-order valence-electron chi connectivity index (χ0n) is 14.8. The summed E-state index contributed by atoms with van der Waals surface area (Å²) in [5.74, 6) is -4.52. The molecule has 0 amide bonds. The van der Waals surface area contributed by atoms with Gasteiger partial charge in [-0.15, -0.1) is 0 Å². The lowest BCUT2D eigenvalue weighted by Gasteiger charge is -2.14. The number of aromatic hydroxyl groups is 2. The maximum absolute atomic E-state index is 14.6. The molecule has 0 aliphatic heterocycles. The number of thiophene rings is 1. The van der Waals surface area contributed by atoms with Crippen molar-refractivity contribution in [3.63, 3.8) is 0 Å². The van der Waals surface area contributed by atoms with Crippen LogP contribution in [0.5, 0.6) is 11.5 Å². The number of nitrogens with zero attached hydrogens (tertiary/aromatic N) is 1. The van der Waals surface area contributed by atoms with Gasteiger partial charge < -0.3 is 10.2 Å². The van der Waals surface area contributed by atoms with Crippen molar-refractivity contribution in [3.05, 3.63) is 80.0 Å². The fourth-order valence-corrected chi connectivity index (χ4v) is 4.40. The number of allylic oxidation sites excluding steroid dienone is 1. The van der Waals surface area contributed by atoms with E-state index in [0.29, 0.717) is 6.07 Å². The number of alkyl halides is 3. The second-order valence-electron chi connectivity index (χ2n) is 6.62. The minimum absolute atomic E-state index is 0.0138. The Hall–Kier alpha value is -3.38. The van der Waals surface area contributed by atoms with Crippen molar-refractivity contribution in [2.75, 3.05) is 0 Å². The highest BCUT2D eigenvalue weighted by molar-refractivity contribution is 7.08. The van der Waals surface area contributed by atoms with Gasteiger partial charge in [0.2, 0.25) is 5.82 Å². The molecule has 1 aliphatic rings. The molecule has 2 aromatic carbocycles. The SMILES string of the molecule is N#Cc1cscc1C1=C(c2ccc(O)c(F)c2F)Cc2c1cc(O)cc2C(F)(F)F. The molecule has 1 aliphatic carbocycles. The lowest BCUT2D eigenvalue weighted by atomic mass is 9.93. The Balaban J connectivity index is 2.09. The van der Waals surface area contributed by atoms with Crippen LogP contribution in [0, 0.1) is 23.0 Å². The van der Waals surface area contributed by atoms with Gasteiger partial charge in [-0.1, -0.05) is 0 Å². The molecule has 0 unspecified atom stereocenters. The summed E-state index contributed by atoms with van der Waals surface area (Å²) < 4.78 is 69.5. The average molecular weight is 435 g/mol. The molecule has 3 nitrogen and oxygen atoms in total. The van der Waals surface area contributed by atoms with Crippen LogP contribution in [0.25, 0.3) is 11.1 Å². The minimum Gasteiger partial charge on any atom is -0.508 e. The van der Waals surface area contributed by atoms with Crippen LogP contribution in [0.15, 0.2) is 35.0 Å². The maximum Gasteiger partial charge on any atom is 0.416 e. The second-order valence-corrected chi connectivity index (χ2v) is 7.36. The Kier molecular flexibility index (Phi) is 4.55. The molecule has 0 fully saturated rings. The number of nitriles is 1. The van der Waals surface area contributed by atoms with Gasteiger partial charge in [0.25, 0.3) is 0 Å². The topological polar surface area (TPSA) is 64.2 Å². The third-order valence-electron chi connectivity index (χ3n) is 4.90. The van der Waals surface area contributed by atoms with Crippen LogP contribution in [-0.2, 0) is 12.6 Å². The molecule has 0 spiro atoms. The fourth-order valence-electron chi connectivity index (χ4n) is 3.64. The van der Waals surface area contributed by atoms with Crippen molar-refractivity contribution in [2.24, 2.45) is 0 Å².